The van der Waals surface area contributed by atoms with Gasteiger partial charge in [-0.3, -0.25) is 0 Å². The third-order valence-corrected chi connectivity index (χ3v) is 3.72. The first kappa shape index (κ1) is 15.1. The summed E-state index contributed by atoms with van der Waals surface area (Å²) in [6.45, 7) is 4.56. The van der Waals surface area contributed by atoms with Gasteiger partial charge in [-0.2, -0.15) is 0 Å². The third kappa shape index (κ3) is 3.25. The van der Waals surface area contributed by atoms with Gasteiger partial charge in [0.2, 0.25) is 0 Å². The normalized spacial score (nSPS) is 12.4. The van der Waals surface area contributed by atoms with Crippen LogP contribution in [0.1, 0.15) is 29.7 Å². The van der Waals surface area contributed by atoms with Crippen LogP contribution in [0, 0.1) is 18.6 Å². The van der Waals surface area contributed by atoms with E-state index in [1.807, 2.05) is 32.0 Å². The molecule has 0 bridgehead atoms. The van der Waals surface area contributed by atoms with Crippen molar-refractivity contribution >= 4 is 15.9 Å². The van der Waals surface area contributed by atoms with Gasteiger partial charge in [0.15, 0.2) is 0 Å². The van der Waals surface area contributed by atoms with E-state index < -0.39 is 11.6 Å². The van der Waals surface area contributed by atoms with Crippen molar-refractivity contribution in [3.05, 3.63) is 69.2 Å². The summed E-state index contributed by atoms with van der Waals surface area (Å²) in [5.41, 5.74) is 2.29. The van der Waals surface area contributed by atoms with Gasteiger partial charge in [-0.1, -0.05) is 28.9 Å². The third-order valence-electron chi connectivity index (χ3n) is 3.23. The molecule has 0 aliphatic carbocycles. The minimum absolute atomic E-state index is 0.327. The van der Waals surface area contributed by atoms with E-state index in [-0.39, 0.29) is 6.04 Å². The van der Waals surface area contributed by atoms with E-state index in [1.54, 1.807) is 0 Å². The molecule has 0 spiro atoms. The smallest absolute Gasteiger partial charge is 0.128 e. The van der Waals surface area contributed by atoms with Crippen LogP contribution >= 0.6 is 15.9 Å². The molecule has 0 aromatic heterocycles. The zero-order valence-corrected chi connectivity index (χ0v) is 13.0. The van der Waals surface area contributed by atoms with Crippen molar-refractivity contribution in [3.63, 3.8) is 0 Å². The fourth-order valence-corrected chi connectivity index (χ4v) is 2.63. The molecule has 20 heavy (non-hydrogen) atoms. The highest BCUT2D eigenvalue weighted by molar-refractivity contribution is 9.10. The lowest BCUT2D eigenvalue weighted by atomic mass is 9.94. The van der Waals surface area contributed by atoms with Crippen LogP contribution in [-0.4, -0.2) is 6.54 Å². The standard InChI is InChI=1S/C16H16BrF2N/c1-3-20-16(13-8-11(17)5-4-10(13)2)14-9-12(18)6-7-15(14)19/h4-9,16,20H,3H2,1-2H3. The lowest BCUT2D eigenvalue weighted by Crippen LogP contribution is -2.24. The Balaban J connectivity index is 2.55. The molecule has 0 aliphatic heterocycles. The summed E-state index contributed by atoms with van der Waals surface area (Å²) in [6, 6.07) is 9.02. The quantitative estimate of drug-likeness (QED) is 0.848. The summed E-state index contributed by atoms with van der Waals surface area (Å²) in [5.74, 6) is -0.839. The van der Waals surface area contributed by atoms with Gasteiger partial charge in [0.25, 0.3) is 0 Å². The molecular formula is C16H16BrF2N. The molecule has 0 heterocycles. The van der Waals surface area contributed by atoms with E-state index in [0.29, 0.717) is 12.1 Å². The monoisotopic (exact) mass is 339 g/mol. The van der Waals surface area contributed by atoms with Gasteiger partial charge in [-0.25, -0.2) is 8.78 Å². The summed E-state index contributed by atoms with van der Waals surface area (Å²) >= 11 is 3.43. The molecule has 1 N–H and O–H groups in total. The van der Waals surface area contributed by atoms with Gasteiger partial charge in [-0.15, -0.1) is 0 Å². The zero-order chi connectivity index (χ0) is 14.7. The molecule has 0 amide bonds. The second-order valence-electron chi connectivity index (χ2n) is 4.66. The van der Waals surface area contributed by atoms with Crippen LogP contribution in [0.4, 0.5) is 8.78 Å². The van der Waals surface area contributed by atoms with Crippen molar-refractivity contribution in [2.45, 2.75) is 19.9 Å². The number of hydrogen-bond donors (Lipinski definition) is 1. The number of nitrogens with one attached hydrogen (secondary N) is 1. The van der Waals surface area contributed by atoms with Gasteiger partial charge in [-0.05, 0) is 54.9 Å². The molecule has 106 valence electrons. The number of rotatable bonds is 4. The summed E-state index contributed by atoms with van der Waals surface area (Å²) < 4.78 is 28.4. The predicted molar refractivity (Wildman–Crippen MR) is 80.8 cm³/mol. The van der Waals surface area contributed by atoms with E-state index >= 15 is 0 Å². The Labute approximate surface area is 126 Å². The Morgan fingerprint density at radius 1 is 1.10 bits per heavy atom. The first-order chi connectivity index (χ1) is 9.52. The van der Waals surface area contributed by atoms with Crippen LogP contribution in [0.15, 0.2) is 40.9 Å². The molecule has 0 fully saturated rings. The number of hydrogen-bond acceptors (Lipinski definition) is 1. The number of halogens is 3. The summed E-state index contributed by atoms with van der Waals surface area (Å²) in [5, 5.41) is 3.22. The maximum absolute atomic E-state index is 14.0. The minimum atomic E-state index is -0.433. The highest BCUT2D eigenvalue weighted by atomic mass is 79.9. The fraction of sp³-hybridized carbons (Fsp3) is 0.250. The van der Waals surface area contributed by atoms with Gasteiger partial charge in [0, 0.05) is 10.0 Å². The van der Waals surface area contributed by atoms with Crippen LogP contribution in [0.5, 0.6) is 0 Å². The van der Waals surface area contributed by atoms with Gasteiger partial charge < -0.3 is 5.32 Å². The van der Waals surface area contributed by atoms with Gasteiger partial charge in [0.1, 0.15) is 11.6 Å². The number of aryl methyl sites for hydroxylation is 1. The molecule has 1 nitrogen and oxygen atoms in total. The highest BCUT2D eigenvalue weighted by Crippen LogP contribution is 2.29. The van der Waals surface area contributed by atoms with E-state index in [0.717, 1.165) is 21.7 Å². The summed E-state index contributed by atoms with van der Waals surface area (Å²) in [6.07, 6.45) is 0. The van der Waals surface area contributed by atoms with Gasteiger partial charge >= 0.3 is 0 Å². The lowest BCUT2D eigenvalue weighted by molar-refractivity contribution is 0.543. The van der Waals surface area contributed by atoms with Crippen LogP contribution in [0.2, 0.25) is 0 Å². The van der Waals surface area contributed by atoms with Crippen LogP contribution in [-0.2, 0) is 0 Å². The Morgan fingerprint density at radius 2 is 1.85 bits per heavy atom. The van der Waals surface area contributed by atoms with E-state index in [1.165, 1.54) is 12.1 Å². The predicted octanol–water partition coefficient (Wildman–Crippen LogP) is 4.73. The van der Waals surface area contributed by atoms with E-state index in [4.69, 9.17) is 0 Å². The SMILES string of the molecule is CCNC(c1cc(Br)ccc1C)c1cc(F)ccc1F. The Kier molecular flexibility index (Phi) is 4.89. The average Bonchev–Trinajstić information content (AvgIpc) is 2.42. The first-order valence-corrected chi connectivity index (χ1v) is 7.26. The molecule has 1 atom stereocenters. The molecule has 0 radical (unpaired) electrons. The van der Waals surface area contributed by atoms with Crippen molar-refractivity contribution < 1.29 is 8.78 Å². The molecular weight excluding hydrogens is 324 g/mol. The van der Waals surface area contributed by atoms with Crippen molar-refractivity contribution in [2.75, 3.05) is 6.54 Å². The molecule has 2 rings (SSSR count). The number of benzene rings is 2. The first-order valence-electron chi connectivity index (χ1n) is 6.47. The topological polar surface area (TPSA) is 12.0 Å². The van der Waals surface area contributed by atoms with Crippen molar-refractivity contribution in [3.8, 4) is 0 Å². The fourth-order valence-electron chi connectivity index (χ4n) is 2.25. The maximum atomic E-state index is 14.0. The molecule has 4 heteroatoms. The summed E-state index contributed by atoms with van der Waals surface area (Å²) in [7, 11) is 0. The molecule has 2 aromatic rings. The minimum Gasteiger partial charge on any atom is -0.306 e. The van der Waals surface area contributed by atoms with Crippen molar-refractivity contribution in [2.24, 2.45) is 0 Å². The molecule has 0 saturated heterocycles. The Bertz CT molecular complexity index is 562. The van der Waals surface area contributed by atoms with E-state index in [2.05, 4.69) is 21.2 Å². The maximum Gasteiger partial charge on any atom is 0.128 e. The average molecular weight is 340 g/mol. The lowest BCUT2D eigenvalue weighted by Gasteiger charge is -2.22. The van der Waals surface area contributed by atoms with Crippen LogP contribution in [0.3, 0.4) is 0 Å². The molecule has 0 saturated carbocycles. The Hall–Kier alpha value is -1.26. The summed E-state index contributed by atoms with van der Waals surface area (Å²) in [4.78, 5) is 0. The highest BCUT2D eigenvalue weighted by Gasteiger charge is 2.19. The molecule has 0 aliphatic rings. The van der Waals surface area contributed by atoms with Gasteiger partial charge in [0.05, 0.1) is 6.04 Å². The molecule has 2 aromatic carbocycles. The second kappa shape index (κ2) is 6.46. The van der Waals surface area contributed by atoms with Crippen molar-refractivity contribution in [1.82, 2.24) is 5.32 Å². The molecule has 1 unspecified atom stereocenters. The Morgan fingerprint density at radius 3 is 2.55 bits per heavy atom. The van der Waals surface area contributed by atoms with Crippen LogP contribution < -0.4 is 5.32 Å². The second-order valence-corrected chi connectivity index (χ2v) is 5.57. The van der Waals surface area contributed by atoms with E-state index in [9.17, 15) is 8.78 Å². The largest absolute Gasteiger partial charge is 0.306 e. The van der Waals surface area contributed by atoms with Crippen LogP contribution in [0.25, 0.3) is 0 Å². The van der Waals surface area contributed by atoms with Crippen molar-refractivity contribution in [1.29, 1.82) is 0 Å². The zero-order valence-electron chi connectivity index (χ0n) is 11.4.